The van der Waals surface area contributed by atoms with E-state index in [1.54, 1.807) is 22.5 Å². The molecule has 1 unspecified atom stereocenters. The van der Waals surface area contributed by atoms with Crippen molar-refractivity contribution in [3.05, 3.63) is 29.8 Å². The number of nitrogens with one attached hydrogen (secondary N) is 1. The van der Waals surface area contributed by atoms with Crippen molar-refractivity contribution < 1.29 is 17.9 Å². The predicted octanol–water partition coefficient (Wildman–Crippen LogP) is 2.41. The largest absolute Gasteiger partial charge is 0.382 e. The minimum absolute atomic E-state index is 0.00482. The van der Waals surface area contributed by atoms with Crippen molar-refractivity contribution in [2.45, 2.75) is 50.5 Å². The fourth-order valence-electron chi connectivity index (χ4n) is 2.98. The Kier molecular flexibility index (Phi) is 7.40. The molecule has 0 aliphatic carbocycles. The van der Waals surface area contributed by atoms with E-state index in [4.69, 9.17) is 4.74 Å². The molecule has 1 aliphatic heterocycles. The molecule has 0 spiro atoms. The molecule has 1 N–H and O–H groups in total. The Morgan fingerprint density at radius 3 is 2.88 bits per heavy atom. The maximum absolute atomic E-state index is 12.9. The van der Waals surface area contributed by atoms with Crippen LogP contribution < -0.4 is 5.32 Å². The number of piperidine rings is 1. The number of benzene rings is 1. The van der Waals surface area contributed by atoms with Crippen LogP contribution in [0.2, 0.25) is 0 Å². The van der Waals surface area contributed by atoms with E-state index in [0.717, 1.165) is 25.7 Å². The third kappa shape index (κ3) is 5.26. The highest BCUT2D eigenvalue weighted by molar-refractivity contribution is 7.89. The molecule has 140 valence electrons. The summed E-state index contributed by atoms with van der Waals surface area (Å²) in [6, 6.07) is 6.28. The monoisotopic (exact) mass is 368 g/mol. The van der Waals surface area contributed by atoms with Gasteiger partial charge in [-0.3, -0.25) is 4.79 Å². The lowest BCUT2D eigenvalue weighted by Gasteiger charge is -2.32. The molecule has 1 fully saturated rings. The molecule has 0 bridgehead atoms. The van der Waals surface area contributed by atoms with Crippen LogP contribution in [-0.4, -0.2) is 51.0 Å². The number of hydrogen-bond acceptors (Lipinski definition) is 4. The van der Waals surface area contributed by atoms with Crippen molar-refractivity contribution in [2.24, 2.45) is 0 Å². The smallest absolute Gasteiger partial charge is 0.251 e. The number of hydrogen-bond donors (Lipinski definition) is 1. The van der Waals surface area contributed by atoms with E-state index in [-0.39, 0.29) is 16.8 Å². The van der Waals surface area contributed by atoms with Crippen molar-refractivity contribution in [3.63, 3.8) is 0 Å². The van der Waals surface area contributed by atoms with E-state index in [1.807, 2.05) is 13.8 Å². The van der Waals surface area contributed by atoms with Crippen LogP contribution in [0, 0.1) is 0 Å². The summed E-state index contributed by atoms with van der Waals surface area (Å²) >= 11 is 0. The Balaban J connectivity index is 2.06. The van der Waals surface area contributed by atoms with Gasteiger partial charge >= 0.3 is 0 Å². The predicted molar refractivity (Wildman–Crippen MR) is 97.1 cm³/mol. The summed E-state index contributed by atoms with van der Waals surface area (Å²) in [4.78, 5) is 12.4. The first kappa shape index (κ1) is 19.9. The molecule has 6 nitrogen and oxygen atoms in total. The van der Waals surface area contributed by atoms with Gasteiger partial charge in [0.1, 0.15) is 0 Å². The van der Waals surface area contributed by atoms with E-state index in [2.05, 4.69) is 5.32 Å². The van der Waals surface area contributed by atoms with Gasteiger partial charge in [0.25, 0.3) is 5.91 Å². The van der Waals surface area contributed by atoms with Crippen LogP contribution in [0.15, 0.2) is 29.2 Å². The molecular weight excluding hydrogens is 340 g/mol. The van der Waals surface area contributed by atoms with E-state index in [1.165, 1.54) is 6.07 Å². The zero-order chi connectivity index (χ0) is 18.3. The first-order valence-corrected chi connectivity index (χ1v) is 10.4. The number of rotatable bonds is 8. The quantitative estimate of drug-likeness (QED) is 0.715. The van der Waals surface area contributed by atoms with Crippen LogP contribution in [0.4, 0.5) is 0 Å². The van der Waals surface area contributed by atoms with Gasteiger partial charge in [0.15, 0.2) is 0 Å². The van der Waals surface area contributed by atoms with Crippen LogP contribution >= 0.6 is 0 Å². The molecule has 0 aromatic heterocycles. The number of ether oxygens (including phenoxy) is 1. The fraction of sp³-hybridized carbons (Fsp3) is 0.611. The van der Waals surface area contributed by atoms with Gasteiger partial charge in [-0.15, -0.1) is 0 Å². The molecule has 1 heterocycles. The average molecular weight is 368 g/mol. The minimum atomic E-state index is -3.57. The second-order valence-corrected chi connectivity index (χ2v) is 8.19. The molecular formula is C18H28N2O4S. The standard InChI is InChI=1S/C18H28N2O4S/c1-3-24-13-7-11-19-18(21)16-9-6-10-17(14-16)25(22,23)20-12-5-4-8-15(20)2/h6,9-10,14-15H,3-5,7-8,11-13H2,1-2H3,(H,19,21). The van der Waals surface area contributed by atoms with Crippen molar-refractivity contribution in [1.29, 1.82) is 0 Å². The highest BCUT2D eigenvalue weighted by Gasteiger charge is 2.31. The number of amides is 1. The van der Waals surface area contributed by atoms with Crippen LogP contribution in [0.25, 0.3) is 0 Å². The first-order valence-electron chi connectivity index (χ1n) is 8.94. The molecule has 1 saturated heterocycles. The van der Waals surface area contributed by atoms with Gasteiger partial charge in [-0.25, -0.2) is 8.42 Å². The lowest BCUT2D eigenvalue weighted by atomic mass is 10.1. The van der Waals surface area contributed by atoms with Gasteiger partial charge in [0.2, 0.25) is 10.0 Å². The lowest BCUT2D eigenvalue weighted by molar-refractivity contribution is 0.0944. The summed E-state index contributed by atoms with van der Waals surface area (Å²) in [5.41, 5.74) is 0.363. The summed E-state index contributed by atoms with van der Waals surface area (Å²) < 4.78 is 32.5. The Labute approximate surface area is 150 Å². The van der Waals surface area contributed by atoms with Crippen LogP contribution in [0.5, 0.6) is 0 Å². The molecule has 2 rings (SSSR count). The highest BCUT2D eigenvalue weighted by Crippen LogP contribution is 2.25. The topological polar surface area (TPSA) is 75.7 Å². The molecule has 1 aromatic rings. The maximum atomic E-state index is 12.9. The zero-order valence-electron chi connectivity index (χ0n) is 15.0. The second kappa shape index (κ2) is 9.31. The highest BCUT2D eigenvalue weighted by atomic mass is 32.2. The molecule has 1 atom stereocenters. The molecule has 25 heavy (non-hydrogen) atoms. The van der Waals surface area contributed by atoms with Gasteiger partial charge in [-0.2, -0.15) is 4.31 Å². The molecule has 1 aliphatic rings. The minimum Gasteiger partial charge on any atom is -0.382 e. The van der Waals surface area contributed by atoms with Gasteiger partial charge in [-0.1, -0.05) is 12.5 Å². The lowest BCUT2D eigenvalue weighted by Crippen LogP contribution is -2.42. The van der Waals surface area contributed by atoms with Crippen molar-refractivity contribution in [3.8, 4) is 0 Å². The Morgan fingerprint density at radius 2 is 2.16 bits per heavy atom. The Bertz CT molecular complexity index is 675. The normalized spacial score (nSPS) is 18.9. The van der Waals surface area contributed by atoms with Gasteiger partial charge in [0, 0.05) is 37.9 Å². The Morgan fingerprint density at radius 1 is 1.36 bits per heavy atom. The van der Waals surface area contributed by atoms with E-state index in [0.29, 0.717) is 31.9 Å². The molecule has 7 heteroatoms. The summed E-state index contributed by atoms with van der Waals surface area (Å²) in [7, 11) is -3.57. The van der Waals surface area contributed by atoms with E-state index in [9.17, 15) is 13.2 Å². The number of carbonyl (C=O) groups is 1. The number of carbonyl (C=O) groups excluding carboxylic acids is 1. The molecule has 1 amide bonds. The summed E-state index contributed by atoms with van der Waals surface area (Å²) in [5.74, 6) is -0.264. The van der Waals surface area contributed by atoms with E-state index < -0.39 is 10.0 Å². The third-order valence-electron chi connectivity index (χ3n) is 4.40. The van der Waals surface area contributed by atoms with Gasteiger partial charge < -0.3 is 10.1 Å². The Hall–Kier alpha value is -1.44. The van der Waals surface area contributed by atoms with Crippen LogP contribution in [0.1, 0.15) is 49.9 Å². The maximum Gasteiger partial charge on any atom is 0.251 e. The van der Waals surface area contributed by atoms with Crippen LogP contribution in [0.3, 0.4) is 0 Å². The van der Waals surface area contributed by atoms with Crippen molar-refractivity contribution in [2.75, 3.05) is 26.3 Å². The van der Waals surface area contributed by atoms with Crippen molar-refractivity contribution >= 4 is 15.9 Å². The summed E-state index contributed by atoms with van der Waals surface area (Å²) in [6.07, 6.45) is 3.53. The zero-order valence-corrected chi connectivity index (χ0v) is 15.8. The van der Waals surface area contributed by atoms with Gasteiger partial charge in [-0.05, 0) is 51.3 Å². The molecule has 0 radical (unpaired) electrons. The van der Waals surface area contributed by atoms with Crippen molar-refractivity contribution in [1.82, 2.24) is 9.62 Å². The van der Waals surface area contributed by atoms with E-state index >= 15 is 0 Å². The van der Waals surface area contributed by atoms with Crippen LogP contribution in [-0.2, 0) is 14.8 Å². The summed E-state index contributed by atoms with van der Waals surface area (Å²) in [5, 5.41) is 2.80. The fourth-order valence-corrected chi connectivity index (χ4v) is 4.73. The number of nitrogens with zero attached hydrogens (tertiary/aromatic N) is 1. The molecule has 0 saturated carbocycles. The summed E-state index contributed by atoms with van der Waals surface area (Å²) in [6.45, 7) is 6.15. The second-order valence-electron chi connectivity index (χ2n) is 6.29. The SMILES string of the molecule is CCOCCCNC(=O)c1cccc(S(=O)(=O)N2CCCCC2C)c1. The first-order chi connectivity index (χ1) is 12.0. The number of sulfonamides is 1. The van der Waals surface area contributed by atoms with Gasteiger partial charge in [0.05, 0.1) is 4.90 Å². The molecule has 1 aromatic carbocycles. The third-order valence-corrected chi connectivity index (χ3v) is 6.41. The average Bonchev–Trinajstić information content (AvgIpc) is 2.61.